The molecule has 0 amide bonds. The third kappa shape index (κ3) is 8.27. The Morgan fingerprint density at radius 3 is 2.60 bits per heavy atom. The van der Waals surface area contributed by atoms with Crippen LogP contribution in [0.3, 0.4) is 0 Å². The van der Waals surface area contributed by atoms with Gasteiger partial charge in [-0.2, -0.15) is 0 Å². The maximum atomic E-state index is 12.7. The van der Waals surface area contributed by atoms with Crippen molar-refractivity contribution in [2.45, 2.75) is 37.2 Å². The van der Waals surface area contributed by atoms with Crippen molar-refractivity contribution in [1.29, 1.82) is 0 Å². The number of carboxylic acids is 1. The van der Waals surface area contributed by atoms with Gasteiger partial charge in [-0.15, -0.1) is 0 Å². The molecule has 3 N–H and O–H groups in total. The SMILES string of the molecule is Cc1cccc(S(=O)(=O)Nc2cccc(/C=C/[C@H](O)CCOc3ccccc3CCC(=O)O)c2)c1. The van der Waals surface area contributed by atoms with Crippen molar-refractivity contribution in [1.82, 2.24) is 0 Å². The molecule has 35 heavy (non-hydrogen) atoms. The van der Waals surface area contributed by atoms with Crippen LogP contribution in [0, 0.1) is 6.92 Å². The summed E-state index contributed by atoms with van der Waals surface area (Å²) in [5.41, 5.74) is 2.81. The number of ether oxygens (including phenoxy) is 1. The predicted molar refractivity (Wildman–Crippen MR) is 136 cm³/mol. The molecule has 3 rings (SSSR count). The number of hydrogen-bond acceptors (Lipinski definition) is 5. The Kier molecular flexibility index (Phi) is 9.05. The zero-order chi connectivity index (χ0) is 25.3. The molecule has 0 aliphatic heterocycles. The van der Waals surface area contributed by atoms with Gasteiger partial charge < -0.3 is 14.9 Å². The van der Waals surface area contributed by atoms with Gasteiger partial charge in [-0.1, -0.05) is 54.6 Å². The van der Waals surface area contributed by atoms with Crippen LogP contribution in [0.5, 0.6) is 5.75 Å². The topological polar surface area (TPSA) is 113 Å². The van der Waals surface area contributed by atoms with E-state index in [4.69, 9.17) is 9.84 Å². The fourth-order valence-electron chi connectivity index (χ4n) is 3.40. The molecule has 0 bridgehead atoms. The molecule has 0 aromatic heterocycles. The van der Waals surface area contributed by atoms with Crippen molar-refractivity contribution in [3.63, 3.8) is 0 Å². The second kappa shape index (κ2) is 12.2. The molecule has 0 saturated carbocycles. The van der Waals surface area contributed by atoms with Gasteiger partial charge in [0.2, 0.25) is 0 Å². The van der Waals surface area contributed by atoms with Crippen molar-refractivity contribution in [3.8, 4) is 5.75 Å². The number of hydrogen-bond donors (Lipinski definition) is 3. The summed E-state index contributed by atoms with van der Waals surface area (Å²) in [4.78, 5) is 11.0. The number of nitrogens with one attached hydrogen (secondary N) is 1. The Morgan fingerprint density at radius 1 is 1.06 bits per heavy atom. The molecule has 0 unspecified atom stereocenters. The highest BCUT2D eigenvalue weighted by Crippen LogP contribution is 2.21. The number of aliphatic carboxylic acids is 1. The highest BCUT2D eigenvalue weighted by atomic mass is 32.2. The van der Waals surface area contributed by atoms with E-state index in [1.54, 1.807) is 54.6 Å². The van der Waals surface area contributed by atoms with Gasteiger partial charge in [0.15, 0.2) is 0 Å². The number of sulfonamides is 1. The van der Waals surface area contributed by atoms with Gasteiger partial charge in [0.25, 0.3) is 10.0 Å². The molecule has 8 heteroatoms. The van der Waals surface area contributed by atoms with Crippen molar-refractivity contribution >= 4 is 27.8 Å². The molecular formula is C27H29NO6S. The minimum absolute atomic E-state index is 0.0198. The fraction of sp³-hybridized carbons (Fsp3) is 0.222. The number of para-hydroxylation sites is 1. The van der Waals surface area contributed by atoms with E-state index in [1.807, 2.05) is 37.3 Å². The lowest BCUT2D eigenvalue weighted by Gasteiger charge is -2.12. The molecule has 0 heterocycles. The van der Waals surface area contributed by atoms with Gasteiger partial charge in [-0.25, -0.2) is 8.42 Å². The molecule has 3 aromatic rings. The zero-order valence-electron chi connectivity index (χ0n) is 19.4. The van der Waals surface area contributed by atoms with E-state index in [0.29, 0.717) is 24.3 Å². The number of carboxylic acid groups (broad SMARTS) is 1. The summed E-state index contributed by atoms with van der Waals surface area (Å²) >= 11 is 0. The summed E-state index contributed by atoms with van der Waals surface area (Å²) in [7, 11) is -3.71. The fourth-order valence-corrected chi connectivity index (χ4v) is 4.56. The first-order valence-corrected chi connectivity index (χ1v) is 12.7. The molecule has 184 valence electrons. The highest BCUT2D eigenvalue weighted by Gasteiger charge is 2.14. The normalized spacial score (nSPS) is 12.4. The van der Waals surface area contributed by atoms with Crippen LogP contribution in [0.25, 0.3) is 6.08 Å². The number of aliphatic hydroxyl groups is 1. The lowest BCUT2D eigenvalue weighted by atomic mass is 10.1. The minimum Gasteiger partial charge on any atom is -0.493 e. The highest BCUT2D eigenvalue weighted by molar-refractivity contribution is 7.92. The van der Waals surface area contributed by atoms with Crippen LogP contribution in [-0.4, -0.2) is 37.3 Å². The van der Waals surface area contributed by atoms with E-state index in [2.05, 4.69) is 4.72 Å². The van der Waals surface area contributed by atoms with E-state index >= 15 is 0 Å². The van der Waals surface area contributed by atoms with Crippen LogP contribution >= 0.6 is 0 Å². The van der Waals surface area contributed by atoms with Crippen molar-refractivity contribution in [2.24, 2.45) is 0 Å². The summed E-state index contributed by atoms with van der Waals surface area (Å²) < 4.78 is 33.6. The first-order chi connectivity index (χ1) is 16.7. The molecule has 0 aliphatic carbocycles. The molecule has 1 atom stereocenters. The maximum absolute atomic E-state index is 12.7. The first kappa shape index (κ1) is 26.0. The van der Waals surface area contributed by atoms with E-state index in [9.17, 15) is 18.3 Å². The Balaban J connectivity index is 1.55. The Morgan fingerprint density at radius 2 is 1.83 bits per heavy atom. The second-order valence-electron chi connectivity index (χ2n) is 8.11. The van der Waals surface area contributed by atoms with Crippen LogP contribution in [0.15, 0.2) is 83.8 Å². The standard InChI is InChI=1S/C27H29NO6S/c1-20-6-4-10-25(18-20)35(32,33)28-23-9-5-7-21(19-23)12-14-24(29)16-17-34-26-11-3-2-8-22(26)13-15-27(30)31/h2-12,14,18-19,24,28-29H,13,15-17H2,1H3,(H,30,31)/b14-12+/t24-/m0/s1. The van der Waals surface area contributed by atoms with Crippen LogP contribution < -0.4 is 9.46 Å². The molecular weight excluding hydrogens is 466 g/mol. The van der Waals surface area contributed by atoms with Crippen LogP contribution in [0.2, 0.25) is 0 Å². The van der Waals surface area contributed by atoms with Gasteiger partial charge in [-0.05, 0) is 60.4 Å². The second-order valence-corrected chi connectivity index (χ2v) is 9.79. The smallest absolute Gasteiger partial charge is 0.303 e. The van der Waals surface area contributed by atoms with Crippen molar-refractivity contribution in [3.05, 3.63) is 95.6 Å². The van der Waals surface area contributed by atoms with Gasteiger partial charge in [0, 0.05) is 18.5 Å². The third-order valence-electron chi connectivity index (χ3n) is 5.20. The zero-order valence-corrected chi connectivity index (χ0v) is 20.2. The number of aliphatic hydroxyl groups excluding tert-OH is 1. The Hall–Kier alpha value is -3.62. The lowest BCUT2D eigenvalue weighted by Crippen LogP contribution is -2.13. The van der Waals surface area contributed by atoms with Crippen molar-refractivity contribution < 1.29 is 28.2 Å². The molecule has 0 aliphatic rings. The summed E-state index contributed by atoms with van der Waals surface area (Å²) in [6, 6.07) is 20.8. The number of carbonyl (C=O) groups is 1. The van der Waals surface area contributed by atoms with Gasteiger partial charge in [0.05, 0.1) is 17.6 Å². The average molecular weight is 496 g/mol. The van der Waals surface area contributed by atoms with Gasteiger partial charge in [-0.3, -0.25) is 9.52 Å². The van der Waals surface area contributed by atoms with E-state index in [-0.39, 0.29) is 17.9 Å². The summed E-state index contributed by atoms with van der Waals surface area (Å²) in [6.45, 7) is 2.09. The largest absolute Gasteiger partial charge is 0.493 e. The Labute approximate surface area is 205 Å². The van der Waals surface area contributed by atoms with Crippen molar-refractivity contribution in [2.75, 3.05) is 11.3 Å². The first-order valence-electron chi connectivity index (χ1n) is 11.2. The number of aryl methyl sites for hydroxylation is 2. The number of benzene rings is 3. The molecule has 3 aromatic carbocycles. The minimum atomic E-state index is -3.71. The summed E-state index contributed by atoms with van der Waals surface area (Å²) in [5, 5.41) is 19.2. The van der Waals surface area contributed by atoms with Crippen LogP contribution in [-0.2, 0) is 21.2 Å². The number of rotatable bonds is 12. The molecule has 0 spiro atoms. The lowest BCUT2D eigenvalue weighted by molar-refractivity contribution is -0.136. The summed E-state index contributed by atoms with van der Waals surface area (Å²) in [6.07, 6.45) is 3.30. The maximum Gasteiger partial charge on any atom is 0.303 e. The van der Waals surface area contributed by atoms with Gasteiger partial charge in [0.1, 0.15) is 5.75 Å². The average Bonchev–Trinajstić information content (AvgIpc) is 2.82. The molecule has 0 radical (unpaired) electrons. The van der Waals surface area contributed by atoms with Gasteiger partial charge >= 0.3 is 5.97 Å². The molecule has 0 saturated heterocycles. The van der Waals surface area contributed by atoms with Crippen LogP contribution in [0.4, 0.5) is 5.69 Å². The quantitative estimate of drug-likeness (QED) is 0.337. The third-order valence-corrected chi connectivity index (χ3v) is 6.58. The molecule has 0 fully saturated rings. The monoisotopic (exact) mass is 495 g/mol. The van der Waals surface area contributed by atoms with E-state index < -0.39 is 22.1 Å². The van der Waals surface area contributed by atoms with Crippen LogP contribution in [0.1, 0.15) is 29.5 Å². The number of anilines is 1. The summed E-state index contributed by atoms with van der Waals surface area (Å²) in [5.74, 6) is -0.258. The molecule has 7 nitrogen and oxygen atoms in total. The predicted octanol–water partition coefficient (Wildman–Crippen LogP) is 4.66. The van der Waals surface area contributed by atoms with E-state index in [0.717, 1.165) is 16.7 Å². The van der Waals surface area contributed by atoms with E-state index in [1.165, 1.54) is 0 Å². The Bertz CT molecular complexity index is 1290.